The predicted molar refractivity (Wildman–Crippen MR) is 114 cm³/mol. The number of piperidine rings is 1. The molecule has 0 aliphatic carbocycles. The maximum absolute atomic E-state index is 14.2. The van der Waals surface area contributed by atoms with Crippen molar-refractivity contribution in [2.45, 2.75) is 44.4 Å². The third-order valence-electron chi connectivity index (χ3n) is 5.61. The maximum Gasteiger partial charge on any atom is 0.224 e. The van der Waals surface area contributed by atoms with Crippen LogP contribution in [0.3, 0.4) is 0 Å². The molecule has 2 aromatic rings. The number of nitrogens with one attached hydrogen (secondary N) is 1. The Hall–Kier alpha value is -2.53. The molecule has 0 unspecified atom stereocenters. The molecular weight excluding hydrogens is 367 g/mol. The van der Waals surface area contributed by atoms with Crippen LogP contribution in [0.1, 0.15) is 60.4 Å². The van der Waals surface area contributed by atoms with Gasteiger partial charge < -0.3 is 10.2 Å². The lowest BCUT2D eigenvalue weighted by atomic mass is 9.89. The van der Waals surface area contributed by atoms with Gasteiger partial charge in [0.25, 0.3) is 0 Å². The summed E-state index contributed by atoms with van der Waals surface area (Å²) in [4.78, 5) is 26.6. The summed E-state index contributed by atoms with van der Waals surface area (Å²) in [7, 11) is 2.11. The Kier molecular flexibility index (Phi) is 7.53. The first-order chi connectivity index (χ1) is 14.0. The van der Waals surface area contributed by atoms with Crippen molar-refractivity contribution in [1.82, 2.24) is 4.90 Å². The van der Waals surface area contributed by atoms with E-state index in [2.05, 4.69) is 17.3 Å². The van der Waals surface area contributed by atoms with Crippen LogP contribution in [0, 0.1) is 5.82 Å². The average Bonchev–Trinajstić information content (AvgIpc) is 2.74. The molecule has 3 rings (SSSR count). The summed E-state index contributed by atoms with van der Waals surface area (Å²) in [6.07, 6.45) is 4.02. The first-order valence-electron chi connectivity index (χ1n) is 10.4. The van der Waals surface area contributed by atoms with Crippen molar-refractivity contribution < 1.29 is 14.0 Å². The minimum atomic E-state index is -0.408. The van der Waals surface area contributed by atoms with Gasteiger partial charge in [-0.1, -0.05) is 36.4 Å². The van der Waals surface area contributed by atoms with Gasteiger partial charge in [-0.25, -0.2) is 4.39 Å². The highest BCUT2D eigenvalue weighted by atomic mass is 19.1. The Morgan fingerprint density at radius 1 is 1.03 bits per heavy atom. The van der Waals surface area contributed by atoms with E-state index in [1.54, 1.807) is 18.2 Å². The number of likely N-dealkylation sites (tertiary alicyclic amines) is 1. The molecule has 1 fully saturated rings. The average molecular weight is 397 g/mol. The van der Waals surface area contributed by atoms with E-state index in [-0.39, 0.29) is 23.8 Å². The first kappa shape index (κ1) is 21.2. The van der Waals surface area contributed by atoms with Gasteiger partial charge in [-0.15, -0.1) is 0 Å². The number of rotatable bonds is 8. The standard InChI is InChI=1S/C24H29FN2O2/c1-27-15-13-18(14-16-27)20-11-12-21(25)22(17-20)26-24(29)10-6-5-9-23(28)19-7-3-2-4-8-19/h2-4,7-8,11-12,17-18H,5-6,9-10,13-16H2,1H3,(H,26,29). The number of amides is 1. The molecule has 1 N–H and O–H groups in total. The number of hydrogen-bond donors (Lipinski definition) is 1. The SMILES string of the molecule is CN1CCC(c2ccc(F)c(NC(=O)CCCCC(=O)c3ccccc3)c2)CC1. The summed E-state index contributed by atoms with van der Waals surface area (Å²) in [5.74, 6) is -0.125. The molecule has 2 aromatic carbocycles. The maximum atomic E-state index is 14.2. The van der Waals surface area contributed by atoms with Crippen molar-refractivity contribution in [3.05, 3.63) is 65.5 Å². The summed E-state index contributed by atoms with van der Waals surface area (Å²) in [5, 5.41) is 2.71. The van der Waals surface area contributed by atoms with Gasteiger partial charge in [0.15, 0.2) is 5.78 Å². The lowest BCUT2D eigenvalue weighted by Crippen LogP contribution is -2.29. The Morgan fingerprint density at radius 3 is 2.45 bits per heavy atom. The molecule has 154 valence electrons. The molecule has 1 aliphatic heterocycles. The molecular formula is C24H29FN2O2. The quantitative estimate of drug-likeness (QED) is 0.504. The number of ketones is 1. The number of hydrogen-bond acceptors (Lipinski definition) is 3. The minimum Gasteiger partial charge on any atom is -0.324 e. The van der Waals surface area contributed by atoms with Gasteiger partial charge >= 0.3 is 0 Å². The number of benzene rings is 2. The van der Waals surface area contributed by atoms with Gasteiger partial charge in [0.2, 0.25) is 5.91 Å². The van der Waals surface area contributed by atoms with Crippen LogP contribution in [-0.2, 0) is 4.79 Å². The van der Waals surface area contributed by atoms with Crippen LogP contribution in [0.25, 0.3) is 0 Å². The number of Topliss-reactive ketones (excluding diaryl/α,β-unsaturated/α-hetero) is 1. The van der Waals surface area contributed by atoms with E-state index < -0.39 is 5.82 Å². The second kappa shape index (κ2) is 10.3. The number of anilines is 1. The first-order valence-corrected chi connectivity index (χ1v) is 10.4. The molecule has 0 atom stereocenters. The third-order valence-corrected chi connectivity index (χ3v) is 5.61. The molecule has 0 aromatic heterocycles. The zero-order valence-corrected chi connectivity index (χ0v) is 17.0. The fourth-order valence-electron chi connectivity index (χ4n) is 3.79. The number of carbonyl (C=O) groups is 2. The Labute approximate surface area is 172 Å². The topological polar surface area (TPSA) is 49.4 Å². The third kappa shape index (κ3) is 6.23. The Balaban J connectivity index is 1.46. The van der Waals surface area contributed by atoms with Crippen LogP contribution in [0.2, 0.25) is 0 Å². The highest BCUT2D eigenvalue weighted by Gasteiger charge is 2.19. The minimum absolute atomic E-state index is 0.0860. The molecule has 0 saturated carbocycles. The second-order valence-corrected chi connectivity index (χ2v) is 7.86. The zero-order valence-electron chi connectivity index (χ0n) is 17.0. The van der Waals surface area contributed by atoms with Crippen molar-refractivity contribution in [3.63, 3.8) is 0 Å². The van der Waals surface area contributed by atoms with Crippen LogP contribution in [0.4, 0.5) is 10.1 Å². The summed E-state index contributed by atoms with van der Waals surface area (Å²) in [5.41, 5.74) is 2.04. The van der Waals surface area contributed by atoms with E-state index in [1.807, 2.05) is 24.3 Å². The van der Waals surface area contributed by atoms with Crippen LogP contribution >= 0.6 is 0 Å². The molecule has 0 bridgehead atoms. The molecule has 1 saturated heterocycles. The fourth-order valence-corrected chi connectivity index (χ4v) is 3.79. The van der Waals surface area contributed by atoms with E-state index in [0.717, 1.165) is 31.5 Å². The Bertz CT molecular complexity index is 830. The van der Waals surface area contributed by atoms with E-state index in [4.69, 9.17) is 0 Å². The normalized spacial score (nSPS) is 15.2. The van der Waals surface area contributed by atoms with E-state index >= 15 is 0 Å². The molecule has 1 heterocycles. The lowest BCUT2D eigenvalue weighted by molar-refractivity contribution is -0.116. The largest absolute Gasteiger partial charge is 0.324 e. The number of halogens is 1. The van der Waals surface area contributed by atoms with Crippen molar-refractivity contribution in [2.75, 3.05) is 25.5 Å². The summed E-state index contributed by atoms with van der Waals surface area (Å²) < 4.78 is 14.2. The molecule has 4 nitrogen and oxygen atoms in total. The summed E-state index contributed by atoms with van der Waals surface area (Å²) in [6, 6.07) is 14.2. The number of carbonyl (C=O) groups excluding carboxylic acids is 2. The van der Waals surface area contributed by atoms with Crippen LogP contribution in [-0.4, -0.2) is 36.7 Å². The van der Waals surface area contributed by atoms with Gasteiger partial charge in [-0.05, 0) is 69.4 Å². The monoisotopic (exact) mass is 396 g/mol. The van der Waals surface area contributed by atoms with Crippen molar-refractivity contribution in [1.29, 1.82) is 0 Å². The number of unbranched alkanes of at least 4 members (excludes halogenated alkanes) is 1. The van der Waals surface area contributed by atoms with E-state index in [0.29, 0.717) is 30.7 Å². The lowest BCUT2D eigenvalue weighted by Gasteiger charge is -2.29. The molecule has 1 aliphatic rings. The highest BCUT2D eigenvalue weighted by Crippen LogP contribution is 2.30. The van der Waals surface area contributed by atoms with Crippen molar-refractivity contribution >= 4 is 17.4 Å². The van der Waals surface area contributed by atoms with Gasteiger partial charge in [0.1, 0.15) is 5.82 Å². The predicted octanol–water partition coefficient (Wildman–Crippen LogP) is 5.02. The summed E-state index contributed by atoms with van der Waals surface area (Å²) >= 11 is 0. The smallest absolute Gasteiger partial charge is 0.224 e. The highest BCUT2D eigenvalue weighted by molar-refractivity contribution is 5.96. The zero-order chi connectivity index (χ0) is 20.6. The van der Waals surface area contributed by atoms with E-state index in [1.165, 1.54) is 6.07 Å². The van der Waals surface area contributed by atoms with Crippen molar-refractivity contribution in [3.8, 4) is 0 Å². The van der Waals surface area contributed by atoms with Crippen molar-refractivity contribution in [2.24, 2.45) is 0 Å². The molecule has 29 heavy (non-hydrogen) atoms. The summed E-state index contributed by atoms with van der Waals surface area (Å²) in [6.45, 7) is 2.07. The van der Waals surface area contributed by atoms with Gasteiger partial charge in [-0.3, -0.25) is 9.59 Å². The molecule has 0 spiro atoms. The van der Waals surface area contributed by atoms with E-state index in [9.17, 15) is 14.0 Å². The number of nitrogens with zero attached hydrogens (tertiary/aromatic N) is 1. The molecule has 0 radical (unpaired) electrons. The fraction of sp³-hybridized carbons (Fsp3) is 0.417. The molecule has 5 heteroatoms. The Morgan fingerprint density at radius 2 is 1.72 bits per heavy atom. The van der Waals surface area contributed by atoms with Gasteiger partial charge in [-0.2, -0.15) is 0 Å². The van der Waals surface area contributed by atoms with Gasteiger partial charge in [0, 0.05) is 18.4 Å². The van der Waals surface area contributed by atoms with Gasteiger partial charge in [0.05, 0.1) is 5.69 Å². The molecule has 1 amide bonds. The van der Waals surface area contributed by atoms with Crippen LogP contribution < -0.4 is 5.32 Å². The van der Waals surface area contributed by atoms with Crippen LogP contribution in [0.15, 0.2) is 48.5 Å². The second-order valence-electron chi connectivity index (χ2n) is 7.86. The van der Waals surface area contributed by atoms with Crippen LogP contribution in [0.5, 0.6) is 0 Å².